The third-order valence-corrected chi connectivity index (χ3v) is 8.14. The topological polar surface area (TPSA) is 62.2 Å². The van der Waals surface area contributed by atoms with Gasteiger partial charge in [0.15, 0.2) is 0 Å². The van der Waals surface area contributed by atoms with Gasteiger partial charge in [0, 0.05) is 36.8 Å². The number of allylic oxidation sites excluding steroid dienone is 8. The van der Waals surface area contributed by atoms with Crippen molar-refractivity contribution in [2.24, 2.45) is 17.8 Å². The Kier molecular flexibility index (Phi) is 16.2. The number of likely N-dealkylation sites (tertiary alicyclic amines) is 1. The number of ether oxygens (including phenoxy) is 2. The quantitative estimate of drug-likeness (QED) is 0.151. The number of hydrogen-bond donors (Lipinski definition) is 2. The van der Waals surface area contributed by atoms with Crippen LogP contribution in [0.1, 0.15) is 98.2 Å². The SMILES string of the molecule is C=CCC=C/C=C(\CC)C(CCC)C(C1C=CC(N2CCCC2)=CC1)C(O)c1c(O)cc(OCC)cc1OCC.CC. The van der Waals surface area contributed by atoms with Crippen LogP contribution in [0.25, 0.3) is 0 Å². The number of phenolic OH excluding ortho intramolecular Hbond substituents is 1. The maximum atomic E-state index is 12.3. The molecule has 1 aromatic carbocycles. The van der Waals surface area contributed by atoms with Crippen LogP contribution in [0.15, 0.2) is 72.5 Å². The second kappa shape index (κ2) is 19.3. The van der Waals surface area contributed by atoms with Gasteiger partial charge in [0.05, 0.1) is 24.9 Å². The lowest BCUT2D eigenvalue weighted by Gasteiger charge is -2.39. The predicted molar refractivity (Wildman–Crippen MR) is 177 cm³/mol. The Labute approximate surface area is 256 Å². The molecule has 1 heterocycles. The number of hydrogen-bond acceptors (Lipinski definition) is 5. The summed E-state index contributed by atoms with van der Waals surface area (Å²) < 4.78 is 11.7. The van der Waals surface area contributed by atoms with E-state index in [0.717, 1.165) is 45.2 Å². The standard InChI is InChI=1S/C35H51NO4.C2H6/c1-6-11-12-13-17-26(8-3)30(16-7-2)33(27-18-20-28(21-19-27)36-22-14-15-23-36)35(38)34-31(37)24-29(39-9-4)25-32(34)40-10-5;1-2/h6,12-13,17-18,20-21,24-25,27,30,33,35,37-38H,1,7-11,14-16,19,22-23H2,2-5H3;1-2H3/b13-12?,26-17+;. The molecule has 2 N–H and O–H groups in total. The molecule has 2 aliphatic rings. The maximum Gasteiger partial charge on any atom is 0.132 e. The Morgan fingerprint density at radius 2 is 1.81 bits per heavy atom. The molecular formula is C37H57NO4. The summed E-state index contributed by atoms with van der Waals surface area (Å²) in [5.74, 6) is 1.15. The molecule has 0 aromatic heterocycles. The second-order valence-electron chi connectivity index (χ2n) is 10.8. The molecule has 42 heavy (non-hydrogen) atoms. The monoisotopic (exact) mass is 579 g/mol. The first-order valence-corrected chi connectivity index (χ1v) is 16.4. The Morgan fingerprint density at radius 3 is 2.38 bits per heavy atom. The molecular weight excluding hydrogens is 522 g/mol. The van der Waals surface area contributed by atoms with Crippen LogP contribution >= 0.6 is 0 Å². The maximum absolute atomic E-state index is 12.3. The average molecular weight is 580 g/mol. The molecule has 0 radical (unpaired) electrons. The summed E-state index contributed by atoms with van der Waals surface area (Å²) in [6.45, 7) is 19.2. The summed E-state index contributed by atoms with van der Waals surface area (Å²) in [7, 11) is 0. The number of aromatic hydroxyl groups is 1. The van der Waals surface area contributed by atoms with Gasteiger partial charge in [0.1, 0.15) is 17.2 Å². The van der Waals surface area contributed by atoms with Crippen LogP contribution in [0.4, 0.5) is 0 Å². The van der Waals surface area contributed by atoms with Crippen LogP contribution in [-0.2, 0) is 0 Å². The normalized spacial score (nSPS) is 19.1. The molecule has 0 spiro atoms. The number of nitrogens with zero attached hydrogens (tertiary/aromatic N) is 1. The summed E-state index contributed by atoms with van der Waals surface area (Å²) in [5.41, 5.74) is 3.07. The van der Waals surface area contributed by atoms with Gasteiger partial charge in [-0.25, -0.2) is 0 Å². The summed E-state index contributed by atoms with van der Waals surface area (Å²) in [6, 6.07) is 3.40. The highest BCUT2D eigenvalue weighted by Gasteiger charge is 2.39. The number of benzene rings is 1. The van der Waals surface area contributed by atoms with E-state index in [2.05, 4.69) is 61.8 Å². The van der Waals surface area contributed by atoms with Crippen LogP contribution in [0.3, 0.4) is 0 Å². The molecule has 0 bridgehead atoms. The molecule has 4 atom stereocenters. The molecule has 234 valence electrons. The molecule has 1 aliphatic heterocycles. The lowest BCUT2D eigenvalue weighted by atomic mass is 9.68. The fourth-order valence-electron chi connectivity index (χ4n) is 6.28. The molecule has 1 aliphatic carbocycles. The molecule has 5 nitrogen and oxygen atoms in total. The summed E-state index contributed by atoms with van der Waals surface area (Å²) >= 11 is 0. The highest BCUT2D eigenvalue weighted by molar-refractivity contribution is 5.51. The zero-order chi connectivity index (χ0) is 30.9. The van der Waals surface area contributed by atoms with Gasteiger partial charge < -0.3 is 24.6 Å². The molecule has 0 amide bonds. The minimum absolute atomic E-state index is 0.0168. The zero-order valence-electron chi connectivity index (χ0n) is 27.1. The van der Waals surface area contributed by atoms with Gasteiger partial charge in [-0.05, 0) is 70.3 Å². The summed E-state index contributed by atoms with van der Waals surface area (Å²) in [6.07, 6.45) is 21.4. The average Bonchev–Trinajstić information content (AvgIpc) is 3.54. The van der Waals surface area contributed by atoms with Crippen molar-refractivity contribution in [3.05, 3.63) is 78.1 Å². The summed E-state index contributed by atoms with van der Waals surface area (Å²) in [4.78, 5) is 2.47. The van der Waals surface area contributed by atoms with E-state index < -0.39 is 6.10 Å². The highest BCUT2D eigenvalue weighted by atomic mass is 16.5. The molecule has 1 fully saturated rings. The fraction of sp³-hybridized carbons (Fsp3) is 0.568. The van der Waals surface area contributed by atoms with Gasteiger partial charge in [0.25, 0.3) is 0 Å². The number of phenols is 1. The largest absolute Gasteiger partial charge is 0.507 e. The molecule has 0 saturated carbocycles. The first kappa shape index (κ1) is 35.3. The highest BCUT2D eigenvalue weighted by Crippen LogP contribution is 2.49. The minimum Gasteiger partial charge on any atom is -0.507 e. The van der Waals surface area contributed by atoms with Crippen molar-refractivity contribution in [2.45, 2.75) is 92.6 Å². The minimum atomic E-state index is -0.919. The van der Waals surface area contributed by atoms with Gasteiger partial charge in [0.2, 0.25) is 0 Å². The Morgan fingerprint density at radius 1 is 1.10 bits per heavy atom. The third-order valence-electron chi connectivity index (χ3n) is 8.14. The van der Waals surface area contributed by atoms with Crippen molar-refractivity contribution in [1.82, 2.24) is 4.90 Å². The van der Waals surface area contributed by atoms with Crippen LogP contribution in [0.2, 0.25) is 0 Å². The van der Waals surface area contributed by atoms with Crippen molar-refractivity contribution in [3.63, 3.8) is 0 Å². The second-order valence-corrected chi connectivity index (χ2v) is 10.8. The van der Waals surface area contributed by atoms with E-state index in [1.165, 1.54) is 24.1 Å². The van der Waals surface area contributed by atoms with E-state index in [1.54, 1.807) is 12.1 Å². The van der Waals surface area contributed by atoms with E-state index in [9.17, 15) is 10.2 Å². The number of rotatable bonds is 16. The van der Waals surface area contributed by atoms with E-state index >= 15 is 0 Å². The molecule has 3 rings (SSSR count). The van der Waals surface area contributed by atoms with Gasteiger partial charge >= 0.3 is 0 Å². The molecule has 4 unspecified atom stereocenters. The van der Waals surface area contributed by atoms with Crippen molar-refractivity contribution < 1.29 is 19.7 Å². The van der Waals surface area contributed by atoms with E-state index in [0.29, 0.717) is 30.3 Å². The Bertz CT molecular complexity index is 1060. The fourth-order valence-corrected chi connectivity index (χ4v) is 6.28. The van der Waals surface area contributed by atoms with E-state index in [4.69, 9.17) is 9.47 Å². The summed E-state index contributed by atoms with van der Waals surface area (Å²) in [5, 5.41) is 23.5. The van der Waals surface area contributed by atoms with Gasteiger partial charge in [-0.3, -0.25) is 0 Å². The number of aliphatic hydroxyl groups excluding tert-OH is 1. The first-order chi connectivity index (χ1) is 20.5. The van der Waals surface area contributed by atoms with Gasteiger partial charge in [-0.1, -0.05) is 76.1 Å². The van der Waals surface area contributed by atoms with Crippen molar-refractivity contribution >= 4 is 0 Å². The lowest BCUT2D eigenvalue weighted by molar-refractivity contribution is 0.0473. The predicted octanol–water partition coefficient (Wildman–Crippen LogP) is 9.31. The smallest absolute Gasteiger partial charge is 0.132 e. The molecule has 1 saturated heterocycles. The number of aliphatic hydroxyl groups is 1. The van der Waals surface area contributed by atoms with Crippen molar-refractivity contribution in [1.29, 1.82) is 0 Å². The third kappa shape index (κ3) is 9.55. The van der Waals surface area contributed by atoms with Crippen LogP contribution < -0.4 is 9.47 Å². The molecule has 5 heteroatoms. The van der Waals surface area contributed by atoms with E-state index in [1.807, 2.05) is 33.8 Å². The Hall–Kier alpha value is -2.92. The van der Waals surface area contributed by atoms with Crippen molar-refractivity contribution in [2.75, 3.05) is 26.3 Å². The Balaban J connectivity index is 0.00000301. The first-order valence-electron chi connectivity index (χ1n) is 16.4. The molecule has 1 aromatic rings. The lowest BCUT2D eigenvalue weighted by Crippen LogP contribution is -2.32. The van der Waals surface area contributed by atoms with E-state index in [-0.39, 0.29) is 23.5 Å². The van der Waals surface area contributed by atoms with Gasteiger partial charge in [-0.2, -0.15) is 0 Å². The van der Waals surface area contributed by atoms with Crippen LogP contribution in [0.5, 0.6) is 17.2 Å². The van der Waals surface area contributed by atoms with Gasteiger partial charge in [-0.15, -0.1) is 6.58 Å². The van der Waals surface area contributed by atoms with Crippen LogP contribution in [0, 0.1) is 17.8 Å². The van der Waals surface area contributed by atoms with Crippen molar-refractivity contribution in [3.8, 4) is 17.2 Å². The van der Waals surface area contributed by atoms with Crippen LogP contribution in [-0.4, -0.2) is 41.4 Å². The zero-order valence-corrected chi connectivity index (χ0v) is 27.1.